The number of benzene rings is 1. The summed E-state index contributed by atoms with van der Waals surface area (Å²) in [4.78, 5) is 11.8. The van der Waals surface area contributed by atoms with Crippen LogP contribution >= 0.6 is 15.9 Å². The van der Waals surface area contributed by atoms with Crippen LogP contribution in [-0.2, 0) is 0 Å². The van der Waals surface area contributed by atoms with Crippen molar-refractivity contribution in [3.05, 3.63) is 39.6 Å². The van der Waals surface area contributed by atoms with Crippen molar-refractivity contribution in [2.24, 2.45) is 0 Å². The standard InChI is InChI=1S/C12H11BrF2N4O/c1-5-11(6(2)19-18-5)17-12(20)16-10-4-8(14)7(13)3-9(10)15/h3-4H,1-2H3,(H,18,19)(H2,16,17,20). The van der Waals surface area contributed by atoms with E-state index in [0.29, 0.717) is 17.1 Å². The average molecular weight is 345 g/mol. The van der Waals surface area contributed by atoms with Crippen LogP contribution in [0.2, 0.25) is 0 Å². The first-order valence-corrected chi connectivity index (χ1v) is 6.42. The highest BCUT2D eigenvalue weighted by molar-refractivity contribution is 9.10. The van der Waals surface area contributed by atoms with Crippen molar-refractivity contribution in [1.29, 1.82) is 0 Å². The van der Waals surface area contributed by atoms with Crippen LogP contribution in [0.3, 0.4) is 0 Å². The van der Waals surface area contributed by atoms with E-state index in [2.05, 4.69) is 36.8 Å². The third kappa shape index (κ3) is 2.96. The van der Waals surface area contributed by atoms with Gasteiger partial charge in [-0.05, 0) is 35.8 Å². The van der Waals surface area contributed by atoms with Crippen LogP contribution in [0.4, 0.5) is 25.0 Å². The highest BCUT2D eigenvalue weighted by Gasteiger charge is 2.13. The lowest BCUT2D eigenvalue weighted by Crippen LogP contribution is -2.21. The van der Waals surface area contributed by atoms with Gasteiger partial charge in [0.2, 0.25) is 0 Å². The zero-order valence-corrected chi connectivity index (χ0v) is 12.2. The summed E-state index contributed by atoms with van der Waals surface area (Å²) in [7, 11) is 0. The molecule has 0 aliphatic rings. The molecule has 20 heavy (non-hydrogen) atoms. The Hall–Kier alpha value is -1.96. The number of carbonyl (C=O) groups is 1. The molecule has 0 aliphatic carbocycles. The molecule has 5 nitrogen and oxygen atoms in total. The number of H-pyrrole nitrogens is 1. The van der Waals surface area contributed by atoms with Gasteiger partial charge in [0.1, 0.15) is 11.6 Å². The molecule has 0 saturated heterocycles. The maximum Gasteiger partial charge on any atom is 0.323 e. The van der Waals surface area contributed by atoms with E-state index in [1.165, 1.54) is 0 Å². The number of aryl methyl sites for hydroxylation is 2. The van der Waals surface area contributed by atoms with E-state index in [0.717, 1.165) is 12.1 Å². The van der Waals surface area contributed by atoms with Gasteiger partial charge in [-0.3, -0.25) is 5.10 Å². The minimum atomic E-state index is -0.742. The molecule has 1 aromatic carbocycles. The summed E-state index contributed by atoms with van der Waals surface area (Å²) >= 11 is 2.86. The Balaban J connectivity index is 2.15. The number of urea groups is 1. The fourth-order valence-corrected chi connectivity index (χ4v) is 1.94. The van der Waals surface area contributed by atoms with Crippen molar-refractivity contribution < 1.29 is 13.6 Å². The highest BCUT2D eigenvalue weighted by Crippen LogP contribution is 2.24. The molecule has 1 heterocycles. The summed E-state index contributed by atoms with van der Waals surface area (Å²) in [6, 6.07) is 1.16. The van der Waals surface area contributed by atoms with Crippen molar-refractivity contribution in [3.8, 4) is 0 Å². The van der Waals surface area contributed by atoms with Crippen molar-refractivity contribution in [1.82, 2.24) is 10.2 Å². The van der Waals surface area contributed by atoms with Crippen molar-refractivity contribution in [2.45, 2.75) is 13.8 Å². The maximum atomic E-state index is 13.6. The molecule has 2 rings (SSSR count). The fraction of sp³-hybridized carbons (Fsp3) is 0.167. The SMILES string of the molecule is Cc1n[nH]c(C)c1NC(=O)Nc1cc(F)c(Br)cc1F. The Labute approximate surface area is 121 Å². The van der Waals surface area contributed by atoms with Crippen LogP contribution in [0, 0.1) is 25.5 Å². The average Bonchev–Trinajstić information content (AvgIpc) is 2.68. The molecule has 0 fully saturated rings. The second-order valence-electron chi connectivity index (χ2n) is 4.13. The third-order valence-corrected chi connectivity index (χ3v) is 3.23. The first-order valence-electron chi connectivity index (χ1n) is 5.62. The van der Waals surface area contributed by atoms with Crippen molar-refractivity contribution >= 4 is 33.3 Å². The second kappa shape index (κ2) is 5.58. The van der Waals surface area contributed by atoms with E-state index in [4.69, 9.17) is 0 Å². The van der Waals surface area contributed by atoms with E-state index in [1.807, 2.05) is 0 Å². The van der Waals surface area contributed by atoms with Gasteiger partial charge in [-0.2, -0.15) is 5.10 Å². The number of nitrogens with zero attached hydrogens (tertiary/aromatic N) is 1. The number of hydrogen-bond acceptors (Lipinski definition) is 2. The third-order valence-electron chi connectivity index (χ3n) is 2.62. The molecular weight excluding hydrogens is 334 g/mol. The van der Waals surface area contributed by atoms with Gasteiger partial charge in [0, 0.05) is 6.07 Å². The summed E-state index contributed by atoms with van der Waals surface area (Å²) in [5, 5.41) is 11.4. The Kier molecular flexibility index (Phi) is 4.03. The summed E-state index contributed by atoms with van der Waals surface area (Å²) < 4.78 is 26.9. The molecule has 0 radical (unpaired) electrons. The van der Waals surface area contributed by atoms with Gasteiger partial charge < -0.3 is 10.6 Å². The lowest BCUT2D eigenvalue weighted by molar-refractivity contribution is 0.262. The highest BCUT2D eigenvalue weighted by atomic mass is 79.9. The Bertz CT molecular complexity index is 652. The van der Waals surface area contributed by atoms with Gasteiger partial charge in [-0.1, -0.05) is 0 Å². The van der Waals surface area contributed by atoms with E-state index in [-0.39, 0.29) is 10.2 Å². The molecule has 106 valence electrons. The predicted molar refractivity (Wildman–Crippen MR) is 74.8 cm³/mol. The number of rotatable bonds is 2. The van der Waals surface area contributed by atoms with Gasteiger partial charge in [-0.15, -0.1) is 0 Å². The number of aromatic amines is 1. The number of nitrogens with one attached hydrogen (secondary N) is 3. The van der Waals surface area contributed by atoms with Crippen LogP contribution in [0.5, 0.6) is 0 Å². The molecule has 8 heteroatoms. The number of carbonyl (C=O) groups excluding carboxylic acids is 1. The fourth-order valence-electron chi connectivity index (χ4n) is 1.62. The normalized spacial score (nSPS) is 10.4. The topological polar surface area (TPSA) is 69.8 Å². The molecule has 3 N–H and O–H groups in total. The Morgan fingerprint density at radius 1 is 1.25 bits per heavy atom. The zero-order chi connectivity index (χ0) is 14.9. The van der Waals surface area contributed by atoms with Crippen LogP contribution in [0.15, 0.2) is 16.6 Å². The Morgan fingerprint density at radius 3 is 2.55 bits per heavy atom. The first kappa shape index (κ1) is 14.4. The molecule has 2 aromatic rings. The summed E-state index contributed by atoms with van der Waals surface area (Å²) in [6.45, 7) is 3.44. The number of aromatic nitrogens is 2. The first-order chi connectivity index (χ1) is 9.38. The van der Waals surface area contributed by atoms with E-state index < -0.39 is 17.7 Å². The lowest BCUT2D eigenvalue weighted by Gasteiger charge is -2.09. The molecule has 2 amide bonds. The van der Waals surface area contributed by atoms with Crippen molar-refractivity contribution in [3.63, 3.8) is 0 Å². The van der Waals surface area contributed by atoms with E-state index in [9.17, 15) is 13.6 Å². The van der Waals surface area contributed by atoms with Crippen molar-refractivity contribution in [2.75, 3.05) is 10.6 Å². The second-order valence-corrected chi connectivity index (χ2v) is 4.99. The van der Waals surface area contributed by atoms with Gasteiger partial charge in [0.05, 0.1) is 27.2 Å². The number of anilines is 2. The maximum absolute atomic E-state index is 13.6. The van der Waals surface area contributed by atoms with Crippen LogP contribution in [0.1, 0.15) is 11.4 Å². The van der Waals surface area contributed by atoms with Gasteiger partial charge in [0.25, 0.3) is 0 Å². The molecular formula is C12H11BrF2N4O. The lowest BCUT2D eigenvalue weighted by atomic mass is 10.3. The van der Waals surface area contributed by atoms with Gasteiger partial charge >= 0.3 is 6.03 Å². The number of hydrogen-bond donors (Lipinski definition) is 3. The van der Waals surface area contributed by atoms with Gasteiger partial charge in [-0.25, -0.2) is 13.6 Å². The smallest absolute Gasteiger partial charge is 0.305 e. The summed E-state index contributed by atoms with van der Waals surface area (Å²) in [6.07, 6.45) is 0. The predicted octanol–water partition coefficient (Wildman–Crippen LogP) is 3.71. The summed E-state index contributed by atoms with van der Waals surface area (Å²) in [5.41, 5.74) is 1.52. The molecule has 0 saturated carbocycles. The van der Waals surface area contributed by atoms with E-state index in [1.54, 1.807) is 13.8 Å². The molecule has 0 spiro atoms. The molecule has 1 aromatic heterocycles. The van der Waals surface area contributed by atoms with Crippen LogP contribution in [0.25, 0.3) is 0 Å². The minimum absolute atomic E-state index is 0.0116. The molecule has 0 atom stereocenters. The zero-order valence-electron chi connectivity index (χ0n) is 10.6. The number of halogens is 3. The minimum Gasteiger partial charge on any atom is -0.305 e. The molecule has 0 aliphatic heterocycles. The van der Waals surface area contributed by atoms with E-state index >= 15 is 0 Å². The van der Waals surface area contributed by atoms with Crippen LogP contribution < -0.4 is 10.6 Å². The number of amides is 2. The Morgan fingerprint density at radius 2 is 1.95 bits per heavy atom. The monoisotopic (exact) mass is 344 g/mol. The van der Waals surface area contributed by atoms with Gasteiger partial charge in [0.15, 0.2) is 0 Å². The summed E-state index contributed by atoms with van der Waals surface area (Å²) in [5.74, 6) is -1.41. The molecule has 0 bridgehead atoms. The largest absolute Gasteiger partial charge is 0.323 e. The van der Waals surface area contributed by atoms with Crippen LogP contribution in [-0.4, -0.2) is 16.2 Å². The molecule has 0 unspecified atom stereocenters. The quantitative estimate of drug-likeness (QED) is 0.726.